The van der Waals surface area contributed by atoms with E-state index in [1.807, 2.05) is 54.1 Å². The van der Waals surface area contributed by atoms with E-state index in [9.17, 15) is 0 Å². The van der Waals surface area contributed by atoms with Crippen molar-refractivity contribution in [2.45, 2.75) is 6.92 Å². The Morgan fingerprint density at radius 1 is 1.38 bits per heavy atom. The summed E-state index contributed by atoms with van der Waals surface area (Å²) in [4.78, 5) is 3.45. The summed E-state index contributed by atoms with van der Waals surface area (Å²) in [5.41, 5.74) is 2.87. The molecule has 2 heteroatoms. The number of rotatable bonds is 1. The van der Waals surface area contributed by atoms with Gasteiger partial charge >= 0.3 is 0 Å². The van der Waals surface area contributed by atoms with Crippen LogP contribution < -0.4 is 0 Å². The maximum Gasteiger partial charge on any atom is 0.161 e. The zero-order chi connectivity index (χ0) is 11.5. The Balaban J connectivity index is 2.48. The third-order valence-corrected chi connectivity index (χ3v) is 2.57. The smallest absolute Gasteiger partial charge is 0.161 e. The van der Waals surface area contributed by atoms with Crippen molar-refractivity contribution in [2.24, 2.45) is 0 Å². The Kier molecular flexibility index (Phi) is 2.61. The van der Waals surface area contributed by atoms with Crippen LogP contribution >= 0.6 is 0 Å². The summed E-state index contributed by atoms with van der Waals surface area (Å²) < 4.78 is 1.82. The summed E-state index contributed by atoms with van der Waals surface area (Å²) in [6.45, 7) is 13.0. The minimum Gasteiger partial charge on any atom is -0.255 e. The van der Waals surface area contributed by atoms with E-state index in [-0.39, 0.29) is 0 Å². The van der Waals surface area contributed by atoms with Crippen molar-refractivity contribution in [1.82, 2.24) is 0 Å². The van der Waals surface area contributed by atoms with E-state index < -0.39 is 0 Å². The minimum atomic E-state index is 0.657. The van der Waals surface area contributed by atoms with Crippen LogP contribution in [0.15, 0.2) is 42.6 Å². The monoisotopic (exact) mass is 208 g/mol. The number of benzene rings is 1. The predicted molar refractivity (Wildman–Crippen MR) is 65.4 cm³/mol. The average Bonchev–Trinajstić information content (AvgIpc) is 2.31. The van der Waals surface area contributed by atoms with E-state index in [1.165, 1.54) is 0 Å². The highest BCUT2D eigenvalue weighted by Gasteiger charge is 2.15. The van der Waals surface area contributed by atoms with E-state index in [0.29, 0.717) is 5.69 Å². The SMILES string of the molecule is [C-]#[N+]c1ccc(C)c([C-]2C=CC=C[N+]2=C)c1. The zero-order valence-electron chi connectivity index (χ0n) is 9.14. The summed E-state index contributed by atoms with van der Waals surface area (Å²) >= 11 is 0. The standard InChI is InChI=1S/C14H12N2/c1-11-7-8-12(15-2)10-13(11)14-6-4-5-9-16(14)3/h4-10H,3H2,1H3. The molecule has 1 aliphatic heterocycles. The second-order valence-electron chi connectivity index (χ2n) is 3.67. The molecule has 2 rings (SSSR count). The van der Waals surface area contributed by atoms with Crippen LogP contribution in [0.2, 0.25) is 0 Å². The molecule has 0 N–H and O–H groups in total. The molecular formula is C14H12N2. The van der Waals surface area contributed by atoms with E-state index in [1.54, 1.807) is 0 Å². The second kappa shape index (κ2) is 4.08. The molecule has 0 saturated heterocycles. The van der Waals surface area contributed by atoms with E-state index in [4.69, 9.17) is 6.57 Å². The third-order valence-electron chi connectivity index (χ3n) is 2.57. The van der Waals surface area contributed by atoms with Crippen molar-refractivity contribution < 1.29 is 4.58 Å². The first kappa shape index (κ1) is 10.3. The van der Waals surface area contributed by atoms with Gasteiger partial charge in [0.15, 0.2) is 5.69 Å². The fraction of sp³-hybridized carbons (Fsp3) is 0.0714. The summed E-state index contributed by atoms with van der Waals surface area (Å²) in [6.07, 6.45) is 7.81. The van der Waals surface area contributed by atoms with Crippen LogP contribution in [0.5, 0.6) is 0 Å². The second-order valence-corrected chi connectivity index (χ2v) is 3.67. The van der Waals surface area contributed by atoms with Gasteiger partial charge in [-0.1, -0.05) is 36.8 Å². The van der Waals surface area contributed by atoms with E-state index in [2.05, 4.69) is 11.6 Å². The Morgan fingerprint density at radius 2 is 2.19 bits per heavy atom. The van der Waals surface area contributed by atoms with E-state index >= 15 is 0 Å². The highest BCUT2D eigenvalue weighted by atomic mass is 15.0. The lowest BCUT2D eigenvalue weighted by atomic mass is 9.99. The Hall–Kier alpha value is -2.27. The quantitative estimate of drug-likeness (QED) is 0.494. The van der Waals surface area contributed by atoms with Gasteiger partial charge in [-0.05, 0) is 11.6 Å². The molecule has 1 aromatic rings. The topological polar surface area (TPSA) is 7.37 Å². The van der Waals surface area contributed by atoms with Crippen LogP contribution in [0, 0.1) is 19.5 Å². The van der Waals surface area contributed by atoms with Crippen molar-refractivity contribution in [3.63, 3.8) is 0 Å². The van der Waals surface area contributed by atoms with Gasteiger partial charge in [-0.3, -0.25) is 4.58 Å². The van der Waals surface area contributed by atoms with Crippen molar-refractivity contribution in [3.8, 4) is 0 Å². The van der Waals surface area contributed by atoms with Crippen LogP contribution in [-0.4, -0.2) is 11.3 Å². The number of hydrogen-bond acceptors (Lipinski definition) is 0. The molecule has 0 aliphatic carbocycles. The van der Waals surface area contributed by atoms with Crippen molar-refractivity contribution in [3.05, 3.63) is 71.2 Å². The molecule has 1 aromatic carbocycles. The summed E-state index contributed by atoms with van der Waals surface area (Å²) in [7, 11) is 0. The van der Waals surface area contributed by atoms with Crippen LogP contribution in [0.3, 0.4) is 0 Å². The van der Waals surface area contributed by atoms with Gasteiger partial charge in [-0.15, -0.1) is 6.08 Å². The third kappa shape index (κ3) is 1.76. The lowest BCUT2D eigenvalue weighted by Gasteiger charge is -2.18. The molecule has 0 unspecified atom stereocenters. The van der Waals surface area contributed by atoms with Crippen LogP contribution in [-0.2, 0) is 0 Å². The maximum absolute atomic E-state index is 7.03. The fourth-order valence-electron chi connectivity index (χ4n) is 1.68. The van der Waals surface area contributed by atoms with Crippen LogP contribution in [0.4, 0.5) is 5.69 Å². The molecular weight excluding hydrogens is 196 g/mol. The number of aryl methyl sites for hydroxylation is 1. The minimum absolute atomic E-state index is 0.657. The fourth-order valence-corrected chi connectivity index (χ4v) is 1.68. The van der Waals surface area contributed by atoms with Gasteiger partial charge in [0.1, 0.15) is 12.2 Å². The van der Waals surface area contributed by atoms with Crippen LogP contribution in [0.25, 0.3) is 4.85 Å². The van der Waals surface area contributed by atoms with Crippen molar-refractivity contribution in [1.29, 1.82) is 0 Å². The zero-order valence-corrected chi connectivity index (χ0v) is 9.14. The molecule has 0 aromatic heterocycles. The van der Waals surface area contributed by atoms with Gasteiger partial charge in [0.25, 0.3) is 0 Å². The van der Waals surface area contributed by atoms with Gasteiger partial charge in [0, 0.05) is 0 Å². The molecule has 0 fully saturated rings. The highest BCUT2D eigenvalue weighted by molar-refractivity contribution is 5.54. The van der Waals surface area contributed by atoms with Gasteiger partial charge < -0.3 is 0 Å². The molecule has 16 heavy (non-hydrogen) atoms. The van der Waals surface area contributed by atoms with E-state index in [0.717, 1.165) is 17.2 Å². The first-order valence-corrected chi connectivity index (χ1v) is 5.02. The molecule has 1 heterocycles. The molecule has 0 saturated carbocycles. The summed E-state index contributed by atoms with van der Waals surface area (Å²) in [5, 5.41) is 0. The summed E-state index contributed by atoms with van der Waals surface area (Å²) in [5.74, 6) is 0. The average molecular weight is 208 g/mol. The van der Waals surface area contributed by atoms with Crippen molar-refractivity contribution >= 4 is 12.4 Å². The molecule has 0 spiro atoms. The Labute approximate surface area is 95.7 Å². The summed E-state index contributed by atoms with van der Waals surface area (Å²) in [6, 6.07) is 6.72. The first-order chi connectivity index (χ1) is 7.72. The largest absolute Gasteiger partial charge is 0.255 e. The normalized spacial score (nSPS) is 14.0. The van der Waals surface area contributed by atoms with Crippen LogP contribution in [0.1, 0.15) is 11.1 Å². The highest BCUT2D eigenvalue weighted by Crippen LogP contribution is 2.27. The lowest BCUT2D eigenvalue weighted by Crippen LogP contribution is -2.13. The first-order valence-electron chi connectivity index (χ1n) is 5.02. The number of hydrogen-bond donors (Lipinski definition) is 0. The molecule has 0 bridgehead atoms. The molecule has 0 amide bonds. The number of allylic oxidation sites excluding steroid dienone is 2. The Morgan fingerprint density at radius 3 is 2.88 bits per heavy atom. The maximum atomic E-state index is 7.03. The van der Waals surface area contributed by atoms with Crippen molar-refractivity contribution in [2.75, 3.05) is 0 Å². The van der Waals surface area contributed by atoms with Gasteiger partial charge in [0.05, 0.1) is 13.3 Å². The van der Waals surface area contributed by atoms with Gasteiger partial charge in [-0.25, -0.2) is 4.85 Å². The molecule has 0 atom stereocenters. The predicted octanol–water partition coefficient (Wildman–Crippen LogP) is 3.22. The molecule has 1 aliphatic rings. The molecule has 2 nitrogen and oxygen atoms in total. The van der Waals surface area contributed by atoms with Gasteiger partial charge in [-0.2, -0.15) is 0 Å². The lowest BCUT2D eigenvalue weighted by molar-refractivity contribution is -0.417. The van der Waals surface area contributed by atoms with Gasteiger partial charge in [0.2, 0.25) is 0 Å². The molecule has 0 radical (unpaired) electrons. The molecule has 78 valence electrons. The Bertz CT molecular complexity index is 530. The number of nitrogens with zero attached hydrogens (tertiary/aromatic N) is 2.